The van der Waals surface area contributed by atoms with Gasteiger partial charge in [-0.05, 0) is 6.42 Å². The Labute approximate surface area is 88.2 Å². The van der Waals surface area contributed by atoms with Gasteiger partial charge in [0.15, 0.2) is 0 Å². The van der Waals surface area contributed by atoms with Crippen LogP contribution in [0.4, 0.5) is 0 Å². The highest BCUT2D eigenvalue weighted by Crippen LogP contribution is 2.08. The maximum atomic E-state index is 4.81. The van der Waals surface area contributed by atoms with Crippen LogP contribution in [0.2, 0.25) is 0 Å². The molecule has 0 saturated heterocycles. The zero-order valence-corrected chi connectivity index (χ0v) is 9.46. The lowest BCUT2D eigenvalue weighted by Crippen LogP contribution is -1.91. The van der Waals surface area contributed by atoms with Crippen molar-refractivity contribution < 1.29 is 9.78 Å². The van der Waals surface area contributed by atoms with Gasteiger partial charge < -0.3 is 4.89 Å². The molecule has 0 unspecified atom stereocenters. The van der Waals surface area contributed by atoms with Crippen molar-refractivity contribution in [2.75, 3.05) is 6.61 Å². The smallest absolute Gasteiger partial charge is 0.122 e. The fourth-order valence-electron chi connectivity index (χ4n) is 1.39. The molecule has 0 aliphatic heterocycles. The second-order valence-corrected chi connectivity index (χ2v) is 3.56. The first-order chi connectivity index (χ1) is 6.91. The number of hydrogen-bond acceptors (Lipinski definition) is 2. The van der Waals surface area contributed by atoms with Crippen LogP contribution in [0.1, 0.15) is 58.3 Å². The number of hydrogen-bond donors (Lipinski definition) is 0. The van der Waals surface area contributed by atoms with Crippen LogP contribution in [0.3, 0.4) is 0 Å². The van der Waals surface area contributed by atoms with E-state index in [1.165, 1.54) is 51.2 Å². The molecule has 0 radical (unpaired) electrons. The minimum absolute atomic E-state index is 0.682. The topological polar surface area (TPSA) is 18.5 Å². The van der Waals surface area contributed by atoms with Gasteiger partial charge in [0.1, 0.15) is 6.26 Å². The molecule has 2 heteroatoms. The van der Waals surface area contributed by atoms with E-state index in [9.17, 15) is 0 Å². The summed E-state index contributed by atoms with van der Waals surface area (Å²) in [6, 6.07) is 0. The predicted octanol–water partition coefficient (Wildman–Crippen LogP) is 4.22. The van der Waals surface area contributed by atoms with Gasteiger partial charge in [-0.15, -0.1) is 0 Å². The lowest BCUT2D eigenvalue weighted by Gasteiger charge is -2.01. The largest absolute Gasteiger partial charge is 0.346 e. The van der Waals surface area contributed by atoms with E-state index in [4.69, 9.17) is 4.89 Å². The highest BCUT2D eigenvalue weighted by Gasteiger charge is 1.91. The lowest BCUT2D eigenvalue weighted by atomic mass is 10.1. The fourth-order valence-corrected chi connectivity index (χ4v) is 1.39. The minimum Gasteiger partial charge on any atom is -0.346 e. The molecule has 84 valence electrons. The molecule has 0 spiro atoms. The predicted molar refractivity (Wildman–Crippen MR) is 59.8 cm³/mol. The monoisotopic (exact) mass is 200 g/mol. The molecule has 0 aromatic heterocycles. The Balaban J connectivity index is 2.81. The normalized spacial score (nSPS) is 10.1. The molecule has 14 heavy (non-hydrogen) atoms. The van der Waals surface area contributed by atoms with Crippen LogP contribution in [-0.4, -0.2) is 6.61 Å². The summed E-state index contributed by atoms with van der Waals surface area (Å²) >= 11 is 0. The number of rotatable bonds is 11. The van der Waals surface area contributed by atoms with Crippen LogP contribution in [-0.2, 0) is 9.78 Å². The highest BCUT2D eigenvalue weighted by molar-refractivity contribution is 4.46. The van der Waals surface area contributed by atoms with Gasteiger partial charge in [0, 0.05) is 0 Å². The molecule has 0 aliphatic carbocycles. The van der Waals surface area contributed by atoms with Crippen LogP contribution < -0.4 is 0 Å². The molecule has 0 heterocycles. The maximum absolute atomic E-state index is 4.81. The van der Waals surface area contributed by atoms with E-state index in [0.717, 1.165) is 6.42 Å². The quantitative estimate of drug-likeness (QED) is 0.215. The Bertz CT molecular complexity index is 113. The third kappa shape index (κ3) is 11.5. The van der Waals surface area contributed by atoms with Crippen LogP contribution in [0.15, 0.2) is 12.8 Å². The summed E-state index contributed by atoms with van der Waals surface area (Å²) in [6.07, 6.45) is 11.8. The molecule has 0 rings (SSSR count). The molecule has 2 nitrogen and oxygen atoms in total. The Morgan fingerprint density at radius 3 is 2.07 bits per heavy atom. The Morgan fingerprint density at radius 1 is 0.929 bits per heavy atom. The van der Waals surface area contributed by atoms with Gasteiger partial charge in [0.2, 0.25) is 0 Å². The molecule has 0 aromatic rings. The van der Waals surface area contributed by atoms with Gasteiger partial charge in [-0.1, -0.05) is 58.4 Å². The molecule has 0 saturated carbocycles. The van der Waals surface area contributed by atoms with Gasteiger partial charge >= 0.3 is 0 Å². The Kier molecular flexibility index (Phi) is 12.1. The van der Waals surface area contributed by atoms with Crippen molar-refractivity contribution >= 4 is 0 Å². The summed E-state index contributed by atoms with van der Waals surface area (Å²) in [7, 11) is 0. The Morgan fingerprint density at radius 2 is 1.50 bits per heavy atom. The van der Waals surface area contributed by atoms with E-state index >= 15 is 0 Å². The van der Waals surface area contributed by atoms with E-state index in [0.29, 0.717) is 6.61 Å². The summed E-state index contributed by atoms with van der Waals surface area (Å²) in [5.41, 5.74) is 0. The van der Waals surface area contributed by atoms with Gasteiger partial charge in [-0.3, -0.25) is 0 Å². The molecule has 0 aromatic carbocycles. The van der Waals surface area contributed by atoms with Crippen molar-refractivity contribution in [3.63, 3.8) is 0 Å². The summed E-state index contributed by atoms with van der Waals surface area (Å²) in [4.78, 5) is 9.37. The molecular weight excluding hydrogens is 176 g/mol. The average molecular weight is 200 g/mol. The van der Waals surface area contributed by atoms with Crippen LogP contribution in [0.5, 0.6) is 0 Å². The average Bonchev–Trinajstić information content (AvgIpc) is 2.21. The Hall–Kier alpha value is -0.500. The molecule has 0 fully saturated rings. The SMILES string of the molecule is C=COOCCCCCCCCCC. The zero-order valence-electron chi connectivity index (χ0n) is 9.46. The van der Waals surface area contributed by atoms with Crippen molar-refractivity contribution in [3.05, 3.63) is 12.8 Å². The minimum atomic E-state index is 0.682. The first-order valence-electron chi connectivity index (χ1n) is 5.81. The molecule has 0 N–H and O–H groups in total. The van der Waals surface area contributed by atoms with Crippen LogP contribution in [0, 0.1) is 0 Å². The molecule has 0 amide bonds. The van der Waals surface area contributed by atoms with Gasteiger partial charge in [-0.25, -0.2) is 0 Å². The standard InChI is InChI=1S/C12H24O2/c1-3-5-6-7-8-9-10-11-12-14-13-4-2/h4H,2-3,5-12H2,1H3. The first-order valence-corrected chi connectivity index (χ1v) is 5.81. The summed E-state index contributed by atoms with van der Waals surface area (Å²) in [5.74, 6) is 0. The van der Waals surface area contributed by atoms with Crippen molar-refractivity contribution in [3.8, 4) is 0 Å². The van der Waals surface area contributed by atoms with E-state index in [-0.39, 0.29) is 0 Å². The van der Waals surface area contributed by atoms with E-state index in [1.807, 2.05) is 0 Å². The van der Waals surface area contributed by atoms with Gasteiger partial charge in [0.25, 0.3) is 0 Å². The third-order valence-electron chi connectivity index (χ3n) is 2.22. The van der Waals surface area contributed by atoms with Crippen molar-refractivity contribution in [1.82, 2.24) is 0 Å². The van der Waals surface area contributed by atoms with Gasteiger partial charge in [-0.2, -0.15) is 4.89 Å². The van der Waals surface area contributed by atoms with E-state index in [1.54, 1.807) is 0 Å². The van der Waals surface area contributed by atoms with Crippen LogP contribution >= 0.6 is 0 Å². The maximum Gasteiger partial charge on any atom is 0.122 e. The van der Waals surface area contributed by atoms with E-state index in [2.05, 4.69) is 18.4 Å². The fraction of sp³-hybridized carbons (Fsp3) is 0.833. The van der Waals surface area contributed by atoms with E-state index < -0.39 is 0 Å². The molecule has 0 atom stereocenters. The third-order valence-corrected chi connectivity index (χ3v) is 2.22. The molecule has 0 bridgehead atoms. The van der Waals surface area contributed by atoms with Crippen molar-refractivity contribution in [2.24, 2.45) is 0 Å². The first kappa shape index (κ1) is 13.5. The van der Waals surface area contributed by atoms with Crippen molar-refractivity contribution in [1.29, 1.82) is 0 Å². The second-order valence-electron chi connectivity index (χ2n) is 3.56. The number of unbranched alkanes of at least 4 members (excludes halogenated alkanes) is 7. The lowest BCUT2D eigenvalue weighted by molar-refractivity contribution is -0.248. The molecule has 0 aliphatic rings. The molecular formula is C12H24O2. The summed E-state index contributed by atoms with van der Waals surface area (Å²) in [6.45, 7) is 6.32. The second kappa shape index (κ2) is 12.5. The van der Waals surface area contributed by atoms with Gasteiger partial charge in [0.05, 0.1) is 6.61 Å². The van der Waals surface area contributed by atoms with Crippen molar-refractivity contribution in [2.45, 2.75) is 58.3 Å². The summed E-state index contributed by atoms with van der Waals surface area (Å²) < 4.78 is 0. The summed E-state index contributed by atoms with van der Waals surface area (Å²) in [5, 5.41) is 0. The van der Waals surface area contributed by atoms with Crippen LogP contribution in [0.25, 0.3) is 0 Å². The highest BCUT2D eigenvalue weighted by atomic mass is 17.2. The zero-order chi connectivity index (χ0) is 10.5.